The summed E-state index contributed by atoms with van der Waals surface area (Å²) in [6.45, 7) is 0. The second kappa shape index (κ2) is 4.99. The van der Waals surface area contributed by atoms with Gasteiger partial charge >= 0.3 is 5.97 Å². The number of carbonyl (C=O) groups is 1. The Bertz CT molecular complexity index is 809. The van der Waals surface area contributed by atoms with Gasteiger partial charge in [0.25, 0.3) is 0 Å². The predicted molar refractivity (Wildman–Crippen MR) is 81.2 cm³/mol. The van der Waals surface area contributed by atoms with E-state index in [0.717, 1.165) is 14.6 Å². The maximum absolute atomic E-state index is 11.2. The molecular formula is C13H7Br2N3O2. The average Bonchev–Trinajstić information content (AvgIpc) is 2.82. The molecule has 0 aliphatic heterocycles. The Labute approximate surface area is 130 Å². The van der Waals surface area contributed by atoms with Gasteiger partial charge in [0.15, 0.2) is 0 Å². The molecule has 2 aromatic carbocycles. The number of nitrogens with zero attached hydrogens (tertiary/aromatic N) is 3. The van der Waals surface area contributed by atoms with E-state index in [9.17, 15) is 9.90 Å². The monoisotopic (exact) mass is 395 g/mol. The number of carboxylic acids is 1. The summed E-state index contributed by atoms with van der Waals surface area (Å²) in [6.07, 6.45) is 0. The standard InChI is InChI=1S/C13H7Br2N3O2/c14-8-4-2-5-9(15)12(8)18-10-6-1-3-7(13(19)20)11(10)16-17-18/h1-6H,(H,19,20). The van der Waals surface area contributed by atoms with Crippen LogP contribution in [-0.4, -0.2) is 26.1 Å². The van der Waals surface area contributed by atoms with Crippen LogP contribution in [0.15, 0.2) is 45.3 Å². The molecule has 1 aromatic heterocycles. The third-order valence-corrected chi connectivity index (χ3v) is 4.14. The van der Waals surface area contributed by atoms with Crippen LogP contribution < -0.4 is 0 Å². The van der Waals surface area contributed by atoms with E-state index in [4.69, 9.17) is 0 Å². The number of halogens is 2. The first-order valence-electron chi connectivity index (χ1n) is 5.61. The molecule has 0 saturated carbocycles. The number of hydrogen-bond acceptors (Lipinski definition) is 3. The van der Waals surface area contributed by atoms with Gasteiger partial charge in [-0.25, -0.2) is 9.48 Å². The van der Waals surface area contributed by atoms with Gasteiger partial charge in [-0.3, -0.25) is 0 Å². The lowest BCUT2D eigenvalue weighted by Crippen LogP contribution is -2.00. The van der Waals surface area contributed by atoms with Gasteiger partial charge < -0.3 is 5.11 Å². The Hall–Kier alpha value is -1.73. The van der Waals surface area contributed by atoms with Gasteiger partial charge in [0, 0.05) is 8.95 Å². The molecule has 0 aliphatic carbocycles. The molecule has 0 unspecified atom stereocenters. The normalized spacial score (nSPS) is 10.9. The first-order valence-corrected chi connectivity index (χ1v) is 7.20. The zero-order chi connectivity index (χ0) is 14.3. The van der Waals surface area contributed by atoms with Crippen molar-refractivity contribution < 1.29 is 9.90 Å². The Kier molecular flexibility index (Phi) is 3.31. The summed E-state index contributed by atoms with van der Waals surface area (Å²) >= 11 is 6.93. The molecule has 7 heteroatoms. The molecule has 1 heterocycles. The van der Waals surface area contributed by atoms with Gasteiger partial charge in [-0.2, -0.15) is 0 Å². The third-order valence-electron chi connectivity index (χ3n) is 2.86. The lowest BCUT2D eigenvalue weighted by atomic mass is 10.2. The van der Waals surface area contributed by atoms with Crippen LogP contribution in [0.4, 0.5) is 0 Å². The molecule has 0 fully saturated rings. The smallest absolute Gasteiger partial charge is 0.338 e. The highest BCUT2D eigenvalue weighted by molar-refractivity contribution is 9.11. The molecule has 0 aliphatic rings. The van der Waals surface area contributed by atoms with Crippen LogP contribution in [0, 0.1) is 0 Å². The van der Waals surface area contributed by atoms with Crippen molar-refractivity contribution in [3.8, 4) is 5.69 Å². The molecule has 3 aromatic rings. The quantitative estimate of drug-likeness (QED) is 0.717. The van der Waals surface area contributed by atoms with Crippen LogP contribution in [-0.2, 0) is 0 Å². The predicted octanol–water partition coefficient (Wildman–Crippen LogP) is 3.64. The van der Waals surface area contributed by atoms with Crippen molar-refractivity contribution in [3.63, 3.8) is 0 Å². The van der Waals surface area contributed by atoms with Gasteiger partial charge in [-0.15, -0.1) is 5.10 Å². The number of fused-ring (bicyclic) bond motifs is 1. The molecule has 3 rings (SSSR count). The van der Waals surface area contributed by atoms with Gasteiger partial charge in [0.05, 0.1) is 16.8 Å². The summed E-state index contributed by atoms with van der Waals surface area (Å²) in [5, 5.41) is 17.2. The van der Waals surface area contributed by atoms with E-state index in [1.807, 2.05) is 18.2 Å². The highest BCUT2D eigenvalue weighted by Gasteiger charge is 2.17. The molecule has 0 saturated heterocycles. The first kappa shape index (κ1) is 13.3. The summed E-state index contributed by atoms with van der Waals surface area (Å²) in [7, 11) is 0. The van der Waals surface area contributed by atoms with Gasteiger partial charge in [0.2, 0.25) is 0 Å². The van der Waals surface area contributed by atoms with Gasteiger partial charge in [-0.05, 0) is 56.1 Å². The number of benzene rings is 2. The van der Waals surface area contributed by atoms with E-state index in [0.29, 0.717) is 11.0 Å². The molecular weight excluding hydrogens is 390 g/mol. The Balaban J connectivity index is 2.34. The van der Waals surface area contributed by atoms with Crippen LogP contribution in [0.2, 0.25) is 0 Å². The fourth-order valence-corrected chi connectivity index (χ4v) is 3.31. The summed E-state index contributed by atoms with van der Waals surface area (Å²) in [5.41, 5.74) is 1.91. The molecule has 100 valence electrons. The maximum Gasteiger partial charge on any atom is 0.338 e. The SMILES string of the molecule is O=C(O)c1cccc2c1nnn2-c1c(Br)cccc1Br. The molecule has 5 nitrogen and oxygen atoms in total. The molecule has 0 bridgehead atoms. The Morgan fingerprint density at radius 1 is 1.10 bits per heavy atom. The van der Waals surface area contributed by atoms with Crippen LogP contribution in [0.3, 0.4) is 0 Å². The lowest BCUT2D eigenvalue weighted by Gasteiger charge is -2.07. The van der Waals surface area contributed by atoms with Gasteiger partial charge in [0.1, 0.15) is 5.52 Å². The zero-order valence-electron chi connectivity index (χ0n) is 9.92. The number of aromatic nitrogens is 3. The van der Waals surface area contributed by atoms with E-state index in [1.54, 1.807) is 16.8 Å². The third kappa shape index (κ3) is 2.03. The zero-order valence-corrected chi connectivity index (χ0v) is 13.1. The molecule has 0 amide bonds. The van der Waals surface area contributed by atoms with Gasteiger partial charge in [-0.1, -0.05) is 17.3 Å². The lowest BCUT2D eigenvalue weighted by molar-refractivity contribution is 0.0699. The Morgan fingerprint density at radius 3 is 2.40 bits per heavy atom. The summed E-state index contributed by atoms with van der Waals surface area (Å²) < 4.78 is 3.27. The second-order valence-electron chi connectivity index (χ2n) is 4.05. The minimum Gasteiger partial charge on any atom is -0.478 e. The number of aromatic carboxylic acids is 1. The van der Waals surface area contributed by atoms with E-state index in [-0.39, 0.29) is 5.56 Å². The van der Waals surface area contributed by atoms with E-state index >= 15 is 0 Å². The highest BCUT2D eigenvalue weighted by Crippen LogP contribution is 2.31. The van der Waals surface area contributed by atoms with Crippen molar-refractivity contribution >= 4 is 48.9 Å². The van der Waals surface area contributed by atoms with Crippen molar-refractivity contribution in [3.05, 3.63) is 50.9 Å². The largest absolute Gasteiger partial charge is 0.478 e. The van der Waals surface area contributed by atoms with Crippen molar-refractivity contribution in [2.75, 3.05) is 0 Å². The molecule has 0 atom stereocenters. The fourth-order valence-electron chi connectivity index (χ4n) is 1.97. The summed E-state index contributed by atoms with van der Waals surface area (Å²) in [6, 6.07) is 10.6. The fraction of sp³-hybridized carbons (Fsp3) is 0. The van der Waals surface area contributed by atoms with Crippen LogP contribution in [0.25, 0.3) is 16.7 Å². The van der Waals surface area contributed by atoms with Crippen LogP contribution in [0.1, 0.15) is 10.4 Å². The van der Waals surface area contributed by atoms with Crippen LogP contribution in [0.5, 0.6) is 0 Å². The minimum atomic E-state index is -1.02. The highest BCUT2D eigenvalue weighted by atomic mass is 79.9. The van der Waals surface area contributed by atoms with Crippen LogP contribution >= 0.6 is 31.9 Å². The minimum absolute atomic E-state index is 0.136. The van der Waals surface area contributed by atoms with Crippen molar-refractivity contribution in [1.82, 2.24) is 15.0 Å². The Morgan fingerprint density at radius 2 is 1.75 bits per heavy atom. The van der Waals surface area contributed by atoms with Crippen molar-refractivity contribution in [1.29, 1.82) is 0 Å². The summed E-state index contributed by atoms with van der Waals surface area (Å²) in [4.78, 5) is 11.2. The van der Waals surface area contributed by atoms with E-state index < -0.39 is 5.97 Å². The van der Waals surface area contributed by atoms with E-state index in [2.05, 4.69) is 42.2 Å². The van der Waals surface area contributed by atoms with E-state index in [1.165, 1.54) is 6.07 Å². The molecule has 20 heavy (non-hydrogen) atoms. The van der Waals surface area contributed by atoms with Crippen molar-refractivity contribution in [2.24, 2.45) is 0 Å². The molecule has 1 N–H and O–H groups in total. The second-order valence-corrected chi connectivity index (χ2v) is 5.76. The summed E-state index contributed by atoms with van der Waals surface area (Å²) in [5.74, 6) is -1.02. The molecule has 0 radical (unpaired) electrons. The number of hydrogen-bond donors (Lipinski definition) is 1. The topological polar surface area (TPSA) is 68.0 Å². The first-order chi connectivity index (χ1) is 9.59. The number of carboxylic acid groups (broad SMARTS) is 1. The van der Waals surface area contributed by atoms with Crippen molar-refractivity contribution in [2.45, 2.75) is 0 Å². The molecule has 0 spiro atoms. The maximum atomic E-state index is 11.2. The average molecular weight is 397 g/mol. The number of para-hydroxylation sites is 1. The number of rotatable bonds is 2.